The van der Waals surface area contributed by atoms with Crippen LogP contribution in [0.4, 0.5) is 0 Å². The molecule has 110 valence electrons. The van der Waals surface area contributed by atoms with Crippen LogP contribution in [0.15, 0.2) is 24.3 Å². The molecule has 1 aromatic carbocycles. The summed E-state index contributed by atoms with van der Waals surface area (Å²) in [6.07, 6.45) is 4.91. The number of hydrogen-bond donors (Lipinski definition) is 1. The fourth-order valence-corrected chi connectivity index (χ4v) is 3.36. The van der Waals surface area contributed by atoms with E-state index in [2.05, 4.69) is 36.1 Å². The smallest absolute Gasteiger partial charge is 0.310 e. The van der Waals surface area contributed by atoms with Gasteiger partial charge in [0, 0.05) is 13.1 Å². The van der Waals surface area contributed by atoms with Crippen LogP contribution in [0.25, 0.3) is 0 Å². The molecule has 1 N–H and O–H groups in total. The largest absolute Gasteiger partial charge is 0.481 e. The number of aryl methyl sites for hydroxylation is 1. The van der Waals surface area contributed by atoms with Crippen molar-refractivity contribution in [3.8, 4) is 0 Å². The Morgan fingerprint density at radius 1 is 1.30 bits per heavy atom. The number of rotatable bonds is 5. The van der Waals surface area contributed by atoms with Crippen molar-refractivity contribution < 1.29 is 9.90 Å². The minimum atomic E-state index is -0.617. The van der Waals surface area contributed by atoms with Crippen LogP contribution in [0, 0.1) is 12.3 Å². The molecule has 0 bridgehead atoms. The second kappa shape index (κ2) is 6.40. The van der Waals surface area contributed by atoms with Crippen molar-refractivity contribution in [3.05, 3.63) is 35.4 Å². The lowest BCUT2D eigenvalue weighted by molar-refractivity contribution is -0.152. The molecule has 0 amide bonds. The molecule has 0 unspecified atom stereocenters. The quantitative estimate of drug-likeness (QED) is 0.894. The van der Waals surface area contributed by atoms with Crippen LogP contribution in [0.3, 0.4) is 0 Å². The predicted molar refractivity (Wildman–Crippen MR) is 80.7 cm³/mol. The highest BCUT2D eigenvalue weighted by Crippen LogP contribution is 2.37. The molecule has 20 heavy (non-hydrogen) atoms. The molecule has 0 radical (unpaired) electrons. The molecule has 1 aliphatic rings. The highest BCUT2D eigenvalue weighted by molar-refractivity contribution is 5.75. The SMILES string of the molecule is Cc1cccc(CN(C)CC2(C(=O)O)CCCCC2)c1. The molecule has 1 aromatic rings. The Balaban J connectivity index is 2.01. The summed E-state index contributed by atoms with van der Waals surface area (Å²) in [4.78, 5) is 13.9. The maximum Gasteiger partial charge on any atom is 0.310 e. The van der Waals surface area contributed by atoms with Gasteiger partial charge in [0.25, 0.3) is 0 Å². The molecule has 3 nitrogen and oxygen atoms in total. The lowest BCUT2D eigenvalue weighted by Crippen LogP contribution is -2.43. The van der Waals surface area contributed by atoms with Gasteiger partial charge in [0.05, 0.1) is 5.41 Å². The highest BCUT2D eigenvalue weighted by Gasteiger charge is 2.40. The minimum absolute atomic E-state index is 0.531. The summed E-state index contributed by atoms with van der Waals surface area (Å²) in [6.45, 7) is 3.55. The highest BCUT2D eigenvalue weighted by atomic mass is 16.4. The molecule has 0 aliphatic heterocycles. The third-order valence-electron chi connectivity index (χ3n) is 4.37. The van der Waals surface area contributed by atoms with Gasteiger partial charge in [0.1, 0.15) is 0 Å². The summed E-state index contributed by atoms with van der Waals surface area (Å²) < 4.78 is 0. The first-order valence-electron chi connectivity index (χ1n) is 7.49. The van der Waals surface area contributed by atoms with Gasteiger partial charge in [-0.3, -0.25) is 4.79 Å². The van der Waals surface area contributed by atoms with Crippen LogP contribution in [0.5, 0.6) is 0 Å². The lowest BCUT2D eigenvalue weighted by Gasteiger charge is -2.36. The Labute approximate surface area is 121 Å². The van der Waals surface area contributed by atoms with Gasteiger partial charge in [0.2, 0.25) is 0 Å². The van der Waals surface area contributed by atoms with Crippen LogP contribution >= 0.6 is 0 Å². The lowest BCUT2D eigenvalue weighted by atomic mass is 9.73. The van der Waals surface area contributed by atoms with E-state index in [0.29, 0.717) is 6.54 Å². The summed E-state index contributed by atoms with van der Waals surface area (Å²) in [5, 5.41) is 9.62. The van der Waals surface area contributed by atoms with Crippen LogP contribution in [-0.2, 0) is 11.3 Å². The first kappa shape index (κ1) is 15.0. The molecule has 1 fully saturated rings. The monoisotopic (exact) mass is 275 g/mol. The number of hydrogen-bond acceptors (Lipinski definition) is 2. The number of carboxylic acid groups (broad SMARTS) is 1. The first-order chi connectivity index (χ1) is 9.52. The van der Waals surface area contributed by atoms with E-state index >= 15 is 0 Å². The van der Waals surface area contributed by atoms with Crippen molar-refractivity contribution >= 4 is 5.97 Å². The van der Waals surface area contributed by atoms with Gasteiger partial charge in [0.15, 0.2) is 0 Å². The van der Waals surface area contributed by atoms with Gasteiger partial charge < -0.3 is 10.0 Å². The summed E-state index contributed by atoms with van der Waals surface area (Å²) in [7, 11) is 2.03. The summed E-state index contributed by atoms with van der Waals surface area (Å²) in [5.74, 6) is -0.617. The van der Waals surface area contributed by atoms with E-state index in [-0.39, 0.29) is 0 Å². The third kappa shape index (κ3) is 3.60. The van der Waals surface area contributed by atoms with Crippen molar-refractivity contribution in [2.24, 2.45) is 5.41 Å². The maximum absolute atomic E-state index is 11.7. The standard InChI is InChI=1S/C17H25NO2/c1-14-7-6-8-15(11-14)12-18(2)13-17(16(19)20)9-4-3-5-10-17/h6-8,11H,3-5,9-10,12-13H2,1-2H3,(H,19,20). The Kier molecular flexibility index (Phi) is 4.81. The number of carboxylic acids is 1. The zero-order valence-electron chi connectivity index (χ0n) is 12.6. The summed E-state index contributed by atoms with van der Waals surface area (Å²) in [6, 6.07) is 8.43. The Morgan fingerprint density at radius 2 is 2.00 bits per heavy atom. The molecular formula is C17H25NO2. The predicted octanol–water partition coefficient (Wildman–Crippen LogP) is 3.46. The summed E-state index contributed by atoms with van der Waals surface area (Å²) >= 11 is 0. The van der Waals surface area contributed by atoms with Crippen molar-refractivity contribution in [1.29, 1.82) is 0 Å². The fraction of sp³-hybridized carbons (Fsp3) is 0.588. The second-order valence-corrected chi connectivity index (χ2v) is 6.31. The van der Waals surface area contributed by atoms with Crippen molar-refractivity contribution in [3.63, 3.8) is 0 Å². The number of carbonyl (C=O) groups is 1. The maximum atomic E-state index is 11.7. The van der Waals surface area contributed by atoms with E-state index < -0.39 is 11.4 Å². The average molecular weight is 275 g/mol. The minimum Gasteiger partial charge on any atom is -0.481 e. The van der Waals surface area contributed by atoms with Gasteiger partial charge in [-0.1, -0.05) is 49.1 Å². The van der Waals surface area contributed by atoms with Gasteiger partial charge in [-0.2, -0.15) is 0 Å². The molecule has 3 heteroatoms. The molecule has 0 atom stereocenters. The van der Waals surface area contributed by atoms with Crippen LogP contribution < -0.4 is 0 Å². The average Bonchev–Trinajstić information content (AvgIpc) is 2.39. The fourth-order valence-electron chi connectivity index (χ4n) is 3.36. The van der Waals surface area contributed by atoms with Crippen molar-refractivity contribution in [1.82, 2.24) is 4.90 Å². The molecule has 0 spiro atoms. The van der Waals surface area contributed by atoms with Gasteiger partial charge in [-0.25, -0.2) is 0 Å². The number of nitrogens with zero attached hydrogens (tertiary/aromatic N) is 1. The van der Waals surface area contributed by atoms with E-state index in [0.717, 1.165) is 32.2 Å². The number of aliphatic carboxylic acids is 1. The molecule has 1 aliphatic carbocycles. The van der Waals surface area contributed by atoms with Crippen LogP contribution in [0.2, 0.25) is 0 Å². The van der Waals surface area contributed by atoms with Gasteiger partial charge in [-0.05, 0) is 32.4 Å². The zero-order chi connectivity index (χ0) is 14.6. The Bertz CT molecular complexity index is 464. The van der Waals surface area contributed by atoms with Crippen molar-refractivity contribution in [2.75, 3.05) is 13.6 Å². The van der Waals surface area contributed by atoms with Gasteiger partial charge in [-0.15, -0.1) is 0 Å². The van der Waals surface area contributed by atoms with E-state index in [1.54, 1.807) is 0 Å². The first-order valence-corrected chi connectivity index (χ1v) is 7.49. The molecule has 0 saturated heterocycles. The molecule has 2 rings (SSSR count). The van der Waals surface area contributed by atoms with E-state index in [1.807, 2.05) is 7.05 Å². The van der Waals surface area contributed by atoms with E-state index in [1.165, 1.54) is 17.5 Å². The van der Waals surface area contributed by atoms with E-state index in [4.69, 9.17) is 0 Å². The normalized spacial score (nSPS) is 18.1. The second-order valence-electron chi connectivity index (χ2n) is 6.31. The summed E-state index contributed by atoms with van der Waals surface area (Å²) in [5.41, 5.74) is 1.97. The van der Waals surface area contributed by atoms with Crippen LogP contribution in [0.1, 0.15) is 43.2 Å². The Morgan fingerprint density at radius 3 is 2.60 bits per heavy atom. The molecular weight excluding hydrogens is 250 g/mol. The van der Waals surface area contributed by atoms with Gasteiger partial charge >= 0.3 is 5.97 Å². The number of benzene rings is 1. The third-order valence-corrected chi connectivity index (χ3v) is 4.37. The van der Waals surface area contributed by atoms with E-state index in [9.17, 15) is 9.90 Å². The molecule has 1 saturated carbocycles. The zero-order valence-corrected chi connectivity index (χ0v) is 12.6. The Hall–Kier alpha value is -1.35. The molecule has 0 heterocycles. The van der Waals surface area contributed by atoms with Crippen molar-refractivity contribution in [2.45, 2.75) is 45.6 Å². The topological polar surface area (TPSA) is 40.5 Å². The van der Waals surface area contributed by atoms with Crippen LogP contribution in [-0.4, -0.2) is 29.6 Å². The molecule has 0 aromatic heterocycles.